The predicted octanol–water partition coefficient (Wildman–Crippen LogP) is 2.88. The number of rotatable bonds is 3. The van der Waals surface area contributed by atoms with Crippen LogP contribution < -0.4 is 0 Å². The molecule has 0 aliphatic carbocycles. The summed E-state index contributed by atoms with van der Waals surface area (Å²) >= 11 is 0. The highest BCUT2D eigenvalue weighted by Gasteiger charge is 2.28. The van der Waals surface area contributed by atoms with Crippen molar-refractivity contribution in [2.24, 2.45) is 0 Å². The Morgan fingerprint density at radius 3 is 2.74 bits per heavy atom. The van der Waals surface area contributed by atoms with Gasteiger partial charge in [0.1, 0.15) is 11.6 Å². The standard InChI is InChI=1S/C17H20F2N4/c18-14-4-1-3-13(16(14)19)11-22-9-6-12(7-10-22)17-21-20-15-5-2-8-23(15)17/h1,3-4,12H,2,5-11H2. The lowest BCUT2D eigenvalue weighted by molar-refractivity contribution is 0.197. The zero-order chi connectivity index (χ0) is 15.8. The third-order valence-electron chi connectivity index (χ3n) is 5.02. The molecule has 2 aliphatic heterocycles. The third kappa shape index (κ3) is 2.76. The van der Waals surface area contributed by atoms with Gasteiger partial charge < -0.3 is 4.57 Å². The Morgan fingerprint density at radius 1 is 1.09 bits per heavy atom. The Balaban J connectivity index is 1.40. The molecule has 0 spiro atoms. The van der Waals surface area contributed by atoms with Gasteiger partial charge in [-0.1, -0.05) is 12.1 Å². The van der Waals surface area contributed by atoms with Crippen LogP contribution in [0.1, 0.15) is 42.4 Å². The highest BCUT2D eigenvalue weighted by molar-refractivity contribution is 5.19. The van der Waals surface area contributed by atoms with Gasteiger partial charge >= 0.3 is 0 Å². The van der Waals surface area contributed by atoms with E-state index in [1.54, 1.807) is 12.1 Å². The van der Waals surface area contributed by atoms with E-state index in [2.05, 4.69) is 19.7 Å². The van der Waals surface area contributed by atoms with Gasteiger partial charge in [0.05, 0.1) is 0 Å². The molecule has 4 rings (SSSR count). The summed E-state index contributed by atoms with van der Waals surface area (Å²) in [5, 5.41) is 8.67. The fraction of sp³-hybridized carbons (Fsp3) is 0.529. The maximum Gasteiger partial charge on any atom is 0.163 e. The van der Waals surface area contributed by atoms with Crippen LogP contribution in [0.2, 0.25) is 0 Å². The Kier molecular flexibility index (Phi) is 3.85. The maximum absolute atomic E-state index is 13.8. The van der Waals surface area contributed by atoms with Gasteiger partial charge in [-0.2, -0.15) is 0 Å². The van der Waals surface area contributed by atoms with Crippen molar-refractivity contribution < 1.29 is 8.78 Å². The van der Waals surface area contributed by atoms with Gasteiger partial charge in [0.2, 0.25) is 0 Å². The summed E-state index contributed by atoms with van der Waals surface area (Å²) in [5.74, 6) is 1.18. The average molecular weight is 318 g/mol. The Bertz CT molecular complexity index is 705. The van der Waals surface area contributed by atoms with Crippen LogP contribution in [-0.4, -0.2) is 32.8 Å². The molecule has 23 heavy (non-hydrogen) atoms. The highest BCUT2D eigenvalue weighted by Crippen LogP contribution is 2.30. The van der Waals surface area contributed by atoms with E-state index in [0.717, 1.165) is 63.0 Å². The topological polar surface area (TPSA) is 34.0 Å². The van der Waals surface area contributed by atoms with Crippen LogP contribution in [0.5, 0.6) is 0 Å². The number of halogens is 2. The molecule has 4 nitrogen and oxygen atoms in total. The Labute approximate surface area is 134 Å². The van der Waals surface area contributed by atoms with Crippen molar-refractivity contribution in [3.63, 3.8) is 0 Å². The summed E-state index contributed by atoms with van der Waals surface area (Å²) in [4.78, 5) is 2.19. The van der Waals surface area contributed by atoms with Crippen molar-refractivity contribution in [1.82, 2.24) is 19.7 Å². The second-order valence-electron chi connectivity index (χ2n) is 6.49. The molecule has 0 unspecified atom stereocenters. The number of likely N-dealkylation sites (tertiary alicyclic amines) is 1. The van der Waals surface area contributed by atoms with E-state index in [-0.39, 0.29) is 0 Å². The number of fused-ring (bicyclic) bond motifs is 1. The van der Waals surface area contributed by atoms with Crippen LogP contribution in [0, 0.1) is 11.6 Å². The van der Waals surface area contributed by atoms with Gasteiger partial charge in [0.15, 0.2) is 11.6 Å². The number of benzene rings is 1. The molecule has 2 aromatic rings. The molecule has 0 amide bonds. The van der Waals surface area contributed by atoms with Gasteiger partial charge in [-0.25, -0.2) is 8.78 Å². The van der Waals surface area contributed by atoms with Crippen molar-refractivity contribution in [2.45, 2.75) is 44.7 Å². The van der Waals surface area contributed by atoms with Gasteiger partial charge in [-0.15, -0.1) is 10.2 Å². The van der Waals surface area contributed by atoms with Crippen molar-refractivity contribution >= 4 is 0 Å². The molecule has 1 saturated heterocycles. The van der Waals surface area contributed by atoms with Crippen LogP contribution in [0.25, 0.3) is 0 Å². The van der Waals surface area contributed by atoms with Crippen LogP contribution in [0.4, 0.5) is 8.78 Å². The number of piperidine rings is 1. The van der Waals surface area contributed by atoms with Crippen molar-refractivity contribution in [3.05, 3.63) is 47.0 Å². The fourth-order valence-electron chi connectivity index (χ4n) is 3.74. The largest absolute Gasteiger partial charge is 0.315 e. The minimum atomic E-state index is -0.767. The van der Waals surface area contributed by atoms with E-state index in [9.17, 15) is 8.78 Å². The Morgan fingerprint density at radius 2 is 1.91 bits per heavy atom. The molecule has 0 bridgehead atoms. The van der Waals surface area contributed by atoms with Crippen molar-refractivity contribution in [1.29, 1.82) is 0 Å². The minimum absolute atomic E-state index is 0.433. The number of aryl methyl sites for hydroxylation is 1. The lowest BCUT2D eigenvalue weighted by atomic mass is 9.95. The van der Waals surface area contributed by atoms with Crippen molar-refractivity contribution in [3.8, 4) is 0 Å². The summed E-state index contributed by atoms with van der Waals surface area (Å²) in [6.45, 7) is 3.26. The van der Waals surface area contributed by atoms with Gasteiger partial charge in [0, 0.05) is 31.0 Å². The van der Waals surface area contributed by atoms with E-state index in [0.29, 0.717) is 18.0 Å². The van der Waals surface area contributed by atoms with E-state index in [1.165, 1.54) is 0 Å². The zero-order valence-electron chi connectivity index (χ0n) is 13.0. The second-order valence-corrected chi connectivity index (χ2v) is 6.49. The third-order valence-corrected chi connectivity index (χ3v) is 5.02. The van der Waals surface area contributed by atoms with E-state index < -0.39 is 11.6 Å². The second kappa shape index (κ2) is 6.00. The monoisotopic (exact) mass is 318 g/mol. The molecule has 2 aliphatic rings. The first-order valence-corrected chi connectivity index (χ1v) is 8.29. The summed E-state index contributed by atoms with van der Waals surface area (Å²) in [7, 11) is 0. The summed E-state index contributed by atoms with van der Waals surface area (Å²) in [6, 6.07) is 4.40. The summed E-state index contributed by atoms with van der Waals surface area (Å²) in [5.41, 5.74) is 0.437. The molecular weight excluding hydrogens is 298 g/mol. The molecule has 3 heterocycles. The molecular formula is C17H20F2N4. The first-order chi connectivity index (χ1) is 11.2. The van der Waals surface area contributed by atoms with Crippen LogP contribution >= 0.6 is 0 Å². The van der Waals surface area contributed by atoms with E-state index in [4.69, 9.17) is 0 Å². The molecule has 0 radical (unpaired) electrons. The van der Waals surface area contributed by atoms with Crippen LogP contribution in [-0.2, 0) is 19.5 Å². The highest BCUT2D eigenvalue weighted by atomic mass is 19.2. The molecule has 1 aromatic heterocycles. The smallest absolute Gasteiger partial charge is 0.163 e. The molecule has 122 valence electrons. The first-order valence-electron chi connectivity index (χ1n) is 8.29. The Hall–Kier alpha value is -1.82. The predicted molar refractivity (Wildman–Crippen MR) is 82.0 cm³/mol. The van der Waals surface area contributed by atoms with Gasteiger partial charge in [0.25, 0.3) is 0 Å². The van der Waals surface area contributed by atoms with Gasteiger partial charge in [-0.3, -0.25) is 4.90 Å². The van der Waals surface area contributed by atoms with Crippen LogP contribution in [0.15, 0.2) is 18.2 Å². The number of aromatic nitrogens is 3. The molecule has 1 aromatic carbocycles. The SMILES string of the molecule is Fc1cccc(CN2CCC(c3nnc4n3CCC4)CC2)c1F. The number of nitrogens with zero attached hydrogens (tertiary/aromatic N) is 4. The lowest BCUT2D eigenvalue weighted by Gasteiger charge is -2.31. The summed E-state index contributed by atoms with van der Waals surface area (Å²) in [6.07, 6.45) is 4.18. The molecule has 1 fully saturated rings. The zero-order valence-corrected chi connectivity index (χ0v) is 13.0. The van der Waals surface area contributed by atoms with Gasteiger partial charge in [-0.05, 0) is 38.4 Å². The first kappa shape index (κ1) is 14.8. The normalized spacial score (nSPS) is 19.2. The molecule has 6 heteroatoms. The number of hydrogen-bond donors (Lipinski definition) is 0. The van der Waals surface area contributed by atoms with Crippen molar-refractivity contribution in [2.75, 3.05) is 13.1 Å². The average Bonchev–Trinajstić information content (AvgIpc) is 3.16. The summed E-state index contributed by atoms with van der Waals surface area (Å²) < 4.78 is 29.4. The van der Waals surface area contributed by atoms with E-state index >= 15 is 0 Å². The minimum Gasteiger partial charge on any atom is -0.315 e. The van der Waals surface area contributed by atoms with E-state index in [1.807, 2.05) is 0 Å². The van der Waals surface area contributed by atoms with Crippen LogP contribution in [0.3, 0.4) is 0 Å². The molecule has 0 N–H and O–H groups in total. The quantitative estimate of drug-likeness (QED) is 0.873. The number of hydrogen-bond acceptors (Lipinski definition) is 3. The molecule has 0 atom stereocenters. The fourth-order valence-corrected chi connectivity index (χ4v) is 3.74. The molecule has 0 saturated carbocycles. The lowest BCUT2D eigenvalue weighted by Crippen LogP contribution is -2.33. The maximum atomic E-state index is 13.8.